The zero-order valence-electron chi connectivity index (χ0n) is 5.91. The lowest BCUT2D eigenvalue weighted by Gasteiger charge is -2.11. The van der Waals surface area contributed by atoms with Gasteiger partial charge in [0.2, 0.25) is 0 Å². The SMILES string of the molecule is [O]C1=Cc2ccccc2OC1. The van der Waals surface area contributed by atoms with Crippen LogP contribution in [0.1, 0.15) is 5.56 Å². The van der Waals surface area contributed by atoms with Crippen LogP contribution in [0.25, 0.3) is 6.08 Å². The molecule has 2 nitrogen and oxygen atoms in total. The third kappa shape index (κ3) is 1.07. The maximum absolute atomic E-state index is 10.8. The van der Waals surface area contributed by atoms with Crippen molar-refractivity contribution >= 4 is 6.08 Å². The van der Waals surface area contributed by atoms with Crippen molar-refractivity contribution in [3.63, 3.8) is 0 Å². The third-order valence-electron chi connectivity index (χ3n) is 1.61. The molecule has 2 rings (SSSR count). The largest absolute Gasteiger partial charge is 0.485 e. The molecular formula is C9H7O2. The van der Waals surface area contributed by atoms with Crippen molar-refractivity contribution in [3.05, 3.63) is 35.6 Å². The topological polar surface area (TPSA) is 29.1 Å². The minimum Gasteiger partial charge on any atom is -0.485 e. The number of rotatable bonds is 0. The molecule has 2 heteroatoms. The van der Waals surface area contributed by atoms with Gasteiger partial charge in [-0.1, -0.05) is 18.2 Å². The highest BCUT2D eigenvalue weighted by molar-refractivity contribution is 5.60. The minimum atomic E-state index is 0.0312. The Balaban J connectivity index is 2.51. The predicted molar refractivity (Wildman–Crippen MR) is 40.6 cm³/mol. The van der Waals surface area contributed by atoms with Crippen LogP contribution in [0.4, 0.5) is 0 Å². The van der Waals surface area contributed by atoms with Gasteiger partial charge in [0.05, 0.1) is 0 Å². The van der Waals surface area contributed by atoms with Crippen molar-refractivity contribution in [3.8, 4) is 5.75 Å². The molecule has 0 bridgehead atoms. The lowest BCUT2D eigenvalue weighted by atomic mass is 10.1. The van der Waals surface area contributed by atoms with Crippen molar-refractivity contribution in [1.82, 2.24) is 0 Å². The normalized spacial score (nSPS) is 14.7. The summed E-state index contributed by atoms with van der Waals surface area (Å²) >= 11 is 0. The zero-order chi connectivity index (χ0) is 7.68. The molecule has 0 unspecified atom stereocenters. The summed E-state index contributed by atoms with van der Waals surface area (Å²) in [6.07, 6.45) is 1.61. The molecule has 1 aliphatic heterocycles. The Hall–Kier alpha value is -1.44. The molecule has 0 fully saturated rings. The number of hydrogen-bond donors (Lipinski definition) is 0. The maximum Gasteiger partial charge on any atom is 0.193 e. The van der Waals surface area contributed by atoms with Gasteiger partial charge in [0.25, 0.3) is 0 Å². The molecule has 0 atom stereocenters. The molecule has 1 aromatic carbocycles. The van der Waals surface area contributed by atoms with E-state index in [1.54, 1.807) is 6.08 Å². The molecular weight excluding hydrogens is 140 g/mol. The highest BCUT2D eigenvalue weighted by Gasteiger charge is 2.09. The first-order chi connectivity index (χ1) is 5.36. The Morgan fingerprint density at radius 3 is 3.00 bits per heavy atom. The Morgan fingerprint density at radius 2 is 2.09 bits per heavy atom. The van der Waals surface area contributed by atoms with Crippen LogP contribution in [-0.2, 0) is 5.11 Å². The van der Waals surface area contributed by atoms with E-state index in [2.05, 4.69) is 0 Å². The molecule has 0 saturated heterocycles. The molecule has 1 aliphatic rings. The fourth-order valence-electron chi connectivity index (χ4n) is 1.10. The molecule has 0 saturated carbocycles. The summed E-state index contributed by atoms with van der Waals surface area (Å²) in [5, 5.41) is 10.8. The Bertz CT molecular complexity index is 302. The van der Waals surface area contributed by atoms with Gasteiger partial charge in [-0.3, -0.25) is 5.11 Å². The van der Waals surface area contributed by atoms with Gasteiger partial charge in [0.15, 0.2) is 12.4 Å². The van der Waals surface area contributed by atoms with E-state index in [-0.39, 0.29) is 12.4 Å². The number of ether oxygens (including phenoxy) is 1. The van der Waals surface area contributed by atoms with Gasteiger partial charge in [-0.15, -0.1) is 0 Å². The van der Waals surface area contributed by atoms with Crippen molar-refractivity contribution < 1.29 is 9.84 Å². The van der Waals surface area contributed by atoms with Gasteiger partial charge in [0, 0.05) is 5.56 Å². The van der Waals surface area contributed by atoms with Crippen LogP contribution in [0, 0.1) is 0 Å². The van der Waals surface area contributed by atoms with Crippen molar-refractivity contribution in [2.75, 3.05) is 6.61 Å². The number of hydrogen-bond acceptors (Lipinski definition) is 1. The second-order valence-electron chi connectivity index (χ2n) is 2.44. The first-order valence-electron chi connectivity index (χ1n) is 3.46. The monoisotopic (exact) mass is 147 g/mol. The van der Waals surface area contributed by atoms with E-state index >= 15 is 0 Å². The summed E-state index contributed by atoms with van der Waals surface area (Å²) in [6, 6.07) is 7.50. The Kier molecular flexibility index (Phi) is 1.32. The summed E-state index contributed by atoms with van der Waals surface area (Å²) in [4.78, 5) is 0. The number of para-hydroxylation sites is 1. The van der Waals surface area contributed by atoms with Crippen molar-refractivity contribution in [2.24, 2.45) is 0 Å². The van der Waals surface area contributed by atoms with Crippen LogP contribution < -0.4 is 4.74 Å². The molecule has 0 aromatic heterocycles. The second kappa shape index (κ2) is 2.31. The lowest BCUT2D eigenvalue weighted by Crippen LogP contribution is -2.05. The average Bonchev–Trinajstić information content (AvgIpc) is 2.04. The van der Waals surface area contributed by atoms with Gasteiger partial charge in [0.1, 0.15) is 5.75 Å². The number of fused-ring (bicyclic) bond motifs is 1. The average molecular weight is 147 g/mol. The lowest BCUT2D eigenvalue weighted by molar-refractivity contribution is 0.215. The van der Waals surface area contributed by atoms with E-state index < -0.39 is 0 Å². The van der Waals surface area contributed by atoms with Crippen molar-refractivity contribution in [2.45, 2.75) is 0 Å². The summed E-state index contributed by atoms with van der Waals surface area (Å²) in [7, 11) is 0. The van der Waals surface area contributed by atoms with Crippen LogP contribution in [0.2, 0.25) is 0 Å². The van der Waals surface area contributed by atoms with Crippen LogP contribution in [0.15, 0.2) is 30.0 Å². The molecule has 0 amide bonds. The molecule has 0 spiro atoms. The molecule has 11 heavy (non-hydrogen) atoms. The molecule has 1 aromatic rings. The predicted octanol–water partition coefficient (Wildman–Crippen LogP) is 1.85. The van der Waals surface area contributed by atoms with Crippen LogP contribution in [0.3, 0.4) is 0 Å². The van der Waals surface area contributed by atoms with Gasteiger partial charge >= 0.3 is 0 Å². The maximum atomic E-state index is 10.8. The van der Waals surface area contributed by atoms with Gasteiger partial charge in [-0.2, -0.15) is 0 Å². The Morgan fingerprint density at radius 1 is 1.27 bits per heavy atom. The first-order valence-corrected chi connectivity index (χ1v) is 3.46. The first kappa shape index (κ1) is 6.28. The molecule has 1 heterocycles. The van der Waals surface area contributed by atoms with Crippen LogP contribution in [-0.4, -0.2) is 6.61 Å². The van der Waals surface area contributed by atoms with Gasteiger partial charge < -0.3 is 4.74 Å². The molecule has 0 aliphatic carbocycles. The van der Waals surface area contributed by atoms with E-state index in [1.165, 1.54) is 0 Å². The zero-order valence-corrected chi connectivity index (χ0v) is 5.91. The van der Waals surface area contributed by atoms with E-state index in [9.17, 15) is 5.11 Å². The Labute approximate surface area is 64.7 Å². The minimum absolute atomic E-state index is 0.0312. The summed E-state index contributed by atoms with van der Waals surface area (Å²) in [5.41, 5.74) is 0.878. The molecule has 0 N–H and O–H groups in total. The third-order valence-corrected chi connectivity index (χ3v) is 1.61. The summed E-state index contributed by atoms with van der Waals surface area (Å²) in [5.74, 6) is 0.829. The highest BCUT2D eigenvalue weighted by atomic mass is 16.5. The number of benzene rings is 1. The van der Waals surface area contributed by atoms with Crippen molar-refractivity contribution in [1.29, 1.82) is 0 Å². The summed E-state index contributed by atoms with van der Waals surface area (Å²) in [6.45, 7) is 0.178. The van der Waals surface area contributed by atoms with Crippen LogP contribution in [0.5, 0.6) is 5.75 Å². The fourth-order valence-corrected chi connectivity index (χ4v) is 1.10. The van der Waals surface area contributed by atoms with Crippen LogP contribution >= 0.6 is 0 Å². The fraction of sp³-hybridized carbons (Fsp3) is 0.111. The second-order valence-corrected chi connectivity index (χ2v) is 2.44. The quantitative estimate of drug-likeness (QED) is 0.550. The van der Waals surface area contributed by atoms with E-state index in [4.69, 9.17) is 4.74 Å². The van der Waals surface area contributed by atoms with E-state index in [0.717, 1.165) is 11.3 Å². The smallest absolute Gasteiger partial charge is 0.193 e. The van der Waals surface area contributed by atoms with E-state index in [1.807, 2.05) is 24.3 Å². The van der Waals surface area contributed by atoms with Gasteiger partial charge in [-0.05, 0) is 12.1 Å². The highest BCUT2D eigenvalue weighted by Crippen LogP contribution is 2.24. The standard InChI is InChI=1S/C9H7O2/c10-8-5-7-3-1-2-4-9(7)11-6-8/h1-5H,6H2. The summed E-state index contributed by atoms with van der Waals surface area (Å²) < 4.78 is 5.15. The molecule has 1 radical (unpaired) electrons. The van der Waals surface area contributed by atoms with Gasteiger partial charge in [-0.25, -0.2) is 0 Å². The van der Waals surface area contributed by atoms with E-state index in [0.29, 0.717) is 0 Å². The molecule has 55 valence electrons.